The fraction of sp³-hybridized carbons (Fsp3) is 0.316. The molecular formula is C19H20N4O2S2. The minimum absolute atomic E-state index is 0.247. The molecule has 3 aromatic rings. The Hall–Kier alpha value is -2.03. The van der Waals surface area contributed by atoms with Crippen LogP contribution < -0.4 is 0 Å². The second-order valence-corrected chi connectivity index (χ2v) is 9.55. The van der Waals surface area contributed by atoms with Crippen LogP contribution in [0.4, 0.5) is 0 Å². The van der Waals surface area contributed by atoms with Gasteiger partial charge in [0.1, 0.15) is 21.3 Å². The van der Waals surface area contributed by atoms with E-state index in [0.29, 0.717) is 18.1 Å². The Balaban J connectivity index is 1.59. The summed E-state index contributed by atoms with van der Waals surface area (Å²) in [6, 6.07) is 9.41. The molecule has 0 saturated carbocycles. The number of fused-ring (bicyclic) bond motifs is 1. The van der Waals surface area contributed by atoms with E-state index in [1.165, 1.54) is 24.3 Å². The molecule has 6 nitrogen and oxygen atoms in total. The lowest BCUT2D eigenvalue weighted by Crippen LogP contribution is -2.35. The smallest absolute Gasteiger partial charge is 0.244 e. The van der Waals surface area contributed by atoms with E-state index in [9.17, 15) is 8.42 Å². The lowest BCUT2D eigenvalue weighted by Gasteiger charge is -2.25. The largest absolute Gasteiger partial charge is 0.248 e. The number of aryl methyl sites for hydroxylation is 1. The van der Waals surface area contributed by atoms with E-state index >= 15 is 0 Å². The van der Waals surface area contributed by atoms with Gasteiger partial charge >= 0.3 is 0 Å². The maximum absolute atomic E-state index is 12.7. The predicted octanol–water partition coefficient (Wildman–Crippen LogP) is 3.66. The zero-order valence-electron chi connectivity index (χ0n) is 15.0. The molecule has 0 unspecified atom stereocenters. The third-order valence-electron chi connectivity index (χ3n) is 4.62. The van der Waals surface area contributed by atoms with Gasteiger partial charge in [0.15, 0.2) is 0 Å². The number of piperidine rings is 1. The highest BCUT2D eigenvalue weighted by Gasteiger charge is 2.26. The maximum Gasteiger partial charge on any atom is 0.244 e. The van der Waals surface area contributed by atoms with Crippen molar-refractivity contribution >= 4 is 32.7 Å². The van der Waals surface area contributed by atoms with Crippen molar-refractivity contribution in [2.45, 2.75) is 41.1 Å². The van der Waals surface area contributed by atoms with Crippen molar-refractivity contribution in [3.63, 3.8) is 0 Å². The van der Waals surface area contributed by atoms with Crippen LogP contribution in [-0.2, 0) is 10.0 Å². The lowest BCUT2D eigenvalue weighted by atomic mass is 10.2. The Morgan fingerprint density at radius 2 is 1.81 bits per heavy atom. The first-order valence-electron chi connectivity index (χ1n) is 8.89. The van der Waals surface area contributed by atoms with Gasteiger partial charge in [0.2, 0.25) is 10.0 Å². The van der Waals surface area contributed by atoms with Crippen LogP contribution >= 0.6 is 11.8 Å². The summed E-state index contributed by atoms with van der Waals surface area (Å²) < 4.78 is 27.0. The molecule has 1 aromatic carbocycles. The first-order chi connectivity index (χ1) is 13.0. The highest BCUT2D eigenvalue weighted by atomic mass is 32.2. The maximum atomic E-state index is 12.7. The van der Waals surface area contributed by atoms with E-state index in [1.54, 1.807) is 16.4 Å². The van der Waals surface area contributed by atoms with E-state index < -0.39 is 10.0 Å². The fourth-order valence-corrected chi connectivity index (χ4v) is 5.44. The second kappa shape index (κ2) is 7.53. The number of hydrogen-bond acceptors (Lipinski definition) is 6. The van der Waals surface area contributed by atoms with Gasteiger partial charge in [-0.3, -0.25) is 0 Å². The van der Waals surface area contributed by atoms with Gasteiger partial charge in [-0.25, -0.2) is 23.4 Å². The average Bonchev–Trinajstić information content (AvgIpc) is 2.69. The first-order valence-corrected chi connectivity index (χ1v) is 11.2. The van der Waals surface area contributed by atoms with Gasteiger partial charge in [-0.05, 0) is 55.8 Å². The topological polar surface area (TPSA) is 76.1 Å². The molecule has 1 saturated heterocycles. The highest BCUT2D eigenvalue weighted by Crippen LogP contribution is 2.31. The highest BCUT2D eigenvalue weighted by molar-refractivity contribution is 7.99. The van der Waals surface area contributed by atoms with Crippen LogP contribution in [0.15, 0.2) is 57.8 Å². The van der Waals surface area contributed by atoms with Crippen LogP contribution in [0.25, 0.3) is 10.9 Å². The van der Waals surface area contributed by atoms with Crippen molar-refractivity contribution in [1.29, 1.82) is 0 Å². The summed E-state index contributed by atoms with van der Waals surface area (Å²) in [6.07, 6.45) is 5.91. The zero-order valence-corrected chi connectivity index (χ0v) is 16.6. The summed E-state index contributed by atoms with van der Waals surface area (Å²) in [5, 5.41) is 2.48. The van der Waals surface area contributed by atoms with E-state index in [1.807, 2.05) is 25.1 Å². The van der Waals surface area contributed by atoms with Crippen LogP contribution in [0.1, 0.15) is 24.8 Å². The van der Waals surface area contributed by atoms with Gasteiger partial charge in [-0.2, -0.15) is 4.31 Å². The summed E-state index contributed by atoms with van der Waals surface area (Å²) in [4.78, 5) is 13.3. The number of benzene rings is 1. The molecule has 4 rings (SSSR count). The van der Waals surface area contributed by atoms with Crippen molar-refractivity contribution in [3.8, 4) is 0 Å². The molecule has 1 aliphatic rings. The van der Waals surface area contributed by atoms with Crippen molar-refractivity contribution in [2.24, 2.45) is 0 Å². The molecule has 27 heavy (non-hydrogen) atoms. The monoisotopic (exact) mass is 400 g/mol. The Morgan fingerprint density at radius 3 is 2.56 bits per heavy atom. The zero-order chi connectivity index (χ0) is 18.9. The molecule has 140 valence electrons. The SMILES string of the molecule is Cc1ccc2ncnc(Sc3ccc(S(=O)(=O)N4CCCCC4)cn3)c2c1. The normalized spacial score (nSPS) is 15.9. The standard InChI is InChI=1S/C19H20N4O2S2/c1-14-5-7-17-16(11-14)19(22-13-21-17)26-18-8-6-15(12-20-18)27(24,25)23-9-3-2-4-10-23/h5-8,11-13H,2-4,9-10H2,1H3. The molecule has 2 aromatic heterocycles. The molecule has 0 N–H and O–H groups in total. The molecule has 0 spiro atoms. The summed E-state index contributed by atoms with van der Waals surface area (Å²) in [5.74, 6) is 0. The third kappa shape index (κ3) is 3.83. The Labute approximate surface area is 163 Å². The molecule has 0 aliphatic carbocycles. The van der Waals surface area contributed by atoms with Crippen molar-refractivity contribution < 1.29 is 8.42 Å². The average molecular weight is 401 g/mol. The van der Waals surface area contributed by atoms with Gasteiger partial charge < -0.3 is 0 Å². The summed E-state index contributed by atoms with van der Waals surface area (Å²) in [5.41, 5.74) is 2.01. The Bertz CT molecular complexity index is 1060. The molecule has 0 radical (unpaired) electrons. The number of rotatable bonds is 4. The van der Waals surface area contributed by atoms with Gasteiger partial charge in [-0.15, -0.1) is 0 Å². The second-order valence-electron chi connectivity index (χ2n) is 6.60. The van der Waals surface area contributed by atoms with Crippen molar-refractivity contribution in [3.05, 3.63) is 48.4 Å². The Kier molecular flexibility index (Phi) is 5.12. The number of aromatic nitrogens is 3. The molecule has 1 fully saturated rings. The van der Waals surface area contributed by atoms with Gasteiger partial charge in [0.05, 0.1) is 5.52 Å². The van der Waals surface area contributed by atoms with Crippen LogP contribution in [0.5, 0.6) is 0 Å². The first kappa shape index (κ1) is 18.3. The third-order valence-corrected chi connectivity index (χ3v) is 7.47. The van der Waals surface area contributed by atoms with E-state index in [-0.39, 0.29) is 4.90 Å². The molecule has 3 heterocycles. The van der Waals surface area contributed by atoms with Gasteiger partial charge in [0.25, 0.3) is 0 Å². The Morgan fingerprint density at radius 1 is 1.00 bits per heavy atom. The fourth-order valence-electron chi connectivity index (χ4n) is 3.16. The van der Waals surface area contributed by atoms with Crippen LogP contribution in [0.2, 0.25) is 0 Å². The van der Waals surface area contributed by atoms with Gasteiger partial charge in [0, 0.05) is 24.7 Å². The molecule has 8 heteroatoms. The molecule has 0 amide bonds. The number of nitrogens with zero attached hydrogens (tertiary/aromatic N) is 4. The number of pyridine rings is 1. The molecule has 0 atom stereocenters. The van der Waals surface area contributed by atoms with Crippen LogP contribution in [0.3, 0.4) is 0 Å². The van der Waals surface area contributed by atoms with E-state index in [4.69, 9.17) is 0 Å². The predicted molar refractivity (Wildman–Crippen MR) is 105 cm³/mol. The summed E-state index contributed by atoms with van der Waals surface area (Å²) in [7, 11) is -3.46. The molecular weight excluding hydrogens is 380 g/mol. The van der Waals surface area contributed by atoms with Crippen LogP contribution in [0, 0.1) is 6.92 Å². The summed E-state index contributed by atoms with van der Waals surface area (Å²) >= 11 is 1.41. The van der Waals surface area contributed by atoms with Gasteiger partial charge in [-0.1, -0.05) is 18.1 Å². The molecule has 1 aliphatic heterocycles. The molecule has 0 bridgehead atoms. The van der Waals surface area contributed by atoms with E-state index in [0.717, 1.165) is 40.8 Å². The lowest BCUT2D eigenvalue weighted by molar-refractivity contribution is 0.346. The minimum atomic E-state index is -3.46. The quantitative estimate of drug-likeness (QED) is 0.622. The van der Waals surface area contributed by atoms with E-state index in [2.05, 4.69) is 15.0 Å². The van der Waals surface area contributed by atoms with Crippen molar-refractivity contribution in [2.75, 3.05) is 13.1 Å². The number of sulfonamides is 1. The summed E-state index contributed by atoms with van der Waals surface area (Å²) in [6.45, 7) is 3.20. The minimum Gasteiger partial charge on any atom is -0.248 e. The number of hydrogen-bond donors (Lipinski definition) is 0. The van der Waals surface area contributed by atoms with Crippen LogP contribution in [-0.4, -0.2) is 40.8 Å². The van der Waals surface area contributed by atoms with Crippen molar-refractivity contribution in [1.82, 2.24) is 19.3 Å².